The predicted octanol–water partition coefficient (Wildman–Crippen LogP) is 4.26. The molecule has 0 fully saturated rings. The molecule has 128 valence electrons. The van der Waals surface area contributed by atoms with Crippen LogP contribution in [0.25, 0.3) is 10.6 Å². The van der Waals surface area contributed by atoms with Crippen LogP contribution in [0, 0.1) is 0 Å². The van der Waals surface area contributed by atoms with Crippen molar-refractivity contribution in [2.24, 2.45) is 0 Å². The van der Waals surface area contributed by atoms with Gasteiger partial charge in [-0.25, -0.2) is 9.78 Å². The molecule has 2 heterocycles. The number of rotatable bonds is 6. The minimum Gasteiger partial charge on any atom is -0.454 e. The molecule has 3 rings (SSSR count). The topological polar surface area (TPSA) is 72.0 Å². The van der Waals surface area contributed by atoms with E-state index in [9.17, 15) is 9.59 Å². The fraction of sp³-hybridized carbons (Fsp3) is 0.211. The number of benzene rings is 1. The molecule has 0 aliphatic heterocycles. The van der Waals surface area contributed by atoms with Crippen molar-refractivity contribution in [2.45, 2.75) is 26.9 Å². The standard InChI is InChI=1S/C19H18N2O3S/c1-3-13-4-6-14(7-5-13)18-21-16(11-25-18)10-24-19(23)17-8-15(9-20-17)12(2)22/h4-9,11,20H,3,10H2,1-2H3. The zero-order chi connectivity index (χ0) is 17.8. The number of carbonyl (C=O) groups is 2. The summed E-state index contributed by atoms with van der Waals surface area (Å²) in [5.74, 6) is -0.608. The lowest BCUT2D eigenvalue weighted by Gasteiger charge is -2.01. The number of hydrogen-bond acceptors (Lipinski definition) is 5. The summed E-state index contributed by atoms with van der Waals surface area (Å²) in [5.41, 5.74) is 3.75. The Balaban J connectivity index is 1.62. The molecule has 1 aromatic carbocycles. The monoisotopic (exact) mass is 354 g/mol. The van der Waals surface area contributed by atoms with Crippen LogP contribution >= 0.6 is 11.3 Å². The summed E-state index contributed by atoms with van der Waals surface area (Å²) in [4.78, 5) is 30.5. The van der Waals surface area contributed by atoms with Gasteiger partial charge in [-0.3, -0.25) is 4.79 Å². The number of aryl methyl sites for hydroxylation is 1. The van der Waals surface area contributed by atoms with Crippen molar-refractivity contribution in [1.29, 1.82) is 0 Å². The second-order valence-electron chi connectivity index (χ2n) is 5.63. The average Bonchev–Trinajstić information content (AvgIpc) is 3.29. The highest BCUT2D eigenvalue weighted by Gasteiger charge is 2.13. The number of esters is 1. The number of nitrogens with one attached hydrogen (secondary N) is 1. The fourth-order valence-electron chi connectivity index (χ4n) is 2.32. The highest BCUT2D eigenvalue weighted by atomic mass is 32.1. The van der Waals surface area contributed by atoms with Crippen LogP contribution in [0.4, 0.5) is 0 Å². The maximum Gasteiger partial charge on any atom is 0.355 e. The Bertz CT molecular complexity index is 894. The Morgan fingerprint density at radius 2 is 2.00 bits per heavy atom. The lowest BCUT2D eigenvalue weighted by atomic mass is 10.1. The molecule has 0 saturated carbocycles. The normalized spacial score (nSPS) is 10.6. The molecule has 0 amide bonds. The molecule has 0 bridgehead atoms. The number of ether oxygens (including phenoxy) is 1. The van der Waals surface area contributed by atoms with E-state index in [0.29, 0.717) is 11.3 Å². The van der Waals surface area contributed by atoms with Crippen LogP contribution in [0.1, 0.15) is 46.0 Å². The molecular weight excluding hydrogens is 336 g/mol. The van der Waals surface area contributed by atoms with Crippen molar-refractivity contribution in [3.05, 3.63) is 64.4 Å². The van der Waals surface area contributed by atoms with E-state index in [4.69, 9.17) is 4.74 Å². The van der Waals surface area contributed by atoms with E-state index < -0.39 is 5.97 Å². The van der Waals surface area contributed by atoms with Gasteiger partial charge < -0.3 is 9.72 Å². The lowest BCUT2D eigenvalue weighted by molar-refractivity contribution is 0.0462. The first-order valence-corrected chi connectivity index (χ1v) is 8.85. The summed E-state index contributed by atoms with van der Waals surface area (Å²) in [7, 11) is 0. The van der Waals surface area contributed by atoms with Crippen LogP contribution in [-0.2, 0) is 17.8 Å². The number of aromatic nitrogens is 2. The third-order valence-corrected chi connectivity index (χ3v) is 4.76. The van der Waals surface area contributed by atoms with Gasteiger partial charge in [0.1, 0.15) is 17.3 Å². The summed E-state index contributed by atoms with van der Waals surface area (Å²) >= 11 is 1.52. The summed E-state index contributed by atoms with van der Waals surface area (Å²) in [5, 5.41) is 2.78. The third-order valence-electron chi connectivity index (χ3n) is 3.82. The highest BCUT2D eigenvalue weighted by molar-refractivity contribution is 7.13. The molecule has 1 N–H and O–H groups in total. The average molecular weight is 354 g/mol. The SMILES string of the molecule is CCc1ccc(-c2nc(COC(=O)c3cc(C(C)=O)c[nH]3)cs2)cc1. The van der Waals surface area contributed by atoms with Gasteiger partial charge in [-0.05, 0) is 25.0 Å². The molecule has 0 saturated heterocycles. The number of nitrogens with zero attached hydrogens (tertiary/aromatic N) is 1. The van der Waals surface area contributed by atoms with E-state index in [-0.39, 0.29) is 18.1 Å². The van der Waals surface area contributed by atoms with Crippen molar-refractivity contribution in [3.8, 4) is 10.6 Å². The molecule has 6 heteroatoms. The van der Waals surface area contributed by atoms with Crippen LogP contribution in [0.5, 0.6) is 0 Å². The zero-order valence-electron chi connectivity index (χ0n) is 14.0. The molecular formula is C19H18N2O3S. The number of carbonyl (C=O) groups excluding carboxylic acids is 2. The van der Waals surface area contributed by atoms with Crippen molar-refractivity contribution in [3.63, 3.8) is 0 Å². The highest BCUT2D eigenvalue weighted by Crippen LogP contribution is 2.24. The molecule has 0 unspecified atom stereocenters. The molecule has 3 aromatic rings. The number of ketones is 1. The molecule has 2 aromatic heterocycles. The Morgan fingerprint density at radius 1 is 1.24 bits per heavy atom. The van der Waals surface area contributed by atoms with Gasteiger partial charge in [-0.1, -0.05) is 31.2 Å². The van der Waals surface area contributed by atoms with Gasteiger partial charge >= 0.3 is 5.97 Å². The third kappa shape index (κ3) is 4.03. The van der Waals surface area contributed by atoms with Crippen molar-refractivity contribution in [2.75, 3.05) is 0 Å². The molecule has 0 atom stereocenters. The quantitative estimate of drug-likeness (QED) is 0.530. The summed E-state index contributed by atoms with van der Waals surface area (Å²) in [6, 6.07) is 9.78. The Hall–Kier alpha value is -2.73. The molecule has 25 heavy (non-hydrogen) atoms. The summed E-state index contributed by atoms with van der Waals surface area (Å²) in [6.45, 7) is 3.66. The maximum absolute atomic E-state index is 12.0. The Morgan fingerprint density at radius 3 is 2.64 bits per heavy atom. The van der Waals surface area contributed by atoms with E-state index in [1.165, 1.54) is 36.1 Å². The lowest BCUT2D eigenvalue weighted by Crippen LogP contribution is -2.05. The van der Waals surface area contributed by atoms with E-state index in [0.717, 1.165) is 17.0 Å². The molecule has 0 aliphatic carbocycles. The van der Waals surface area contributed by atoms with E-state index in [1.807, 2.05) is 5.38 Å². The van der Waals surface area contributed by atoms with Gasteiger partial charge in [-0.15, -0.1) is 11.3 Å². The van der Waals surface area contributed by atoms with Crippen LogP contribution in [0.3, 0.4) is 0 Å². The minimum absolute atomic E-state index is 0.0940. The molecule has 0 radical (unpaired) electrons. The number of aromatic amines is 1. The van der Waals surface area contributed by atoms with Gasteiger partial charge in [0, 0.05) is 22.7 Å². The maximum atomic E-state index is 12.0. The summed E-state index contributed by atoms with van der Waals surface area (Å²) < 4.78 is 5.26. The smallest absolute Gasteiger partial charge is 0.355 e. The summed E-state index contributed by atoms with van der Waals surface area (Å²) in [6.07, 6.45) is 2.50. The number of hydrogen-bond donors (Lipinski definition) is 1. The number of H-pyrrole nitrogens is 1. The Labute approximate surface area is 149 Å². The molecule has 0 aliphatic rings. The van der Waals surface area contributed by atoms with Crippen molar-refractivity contribution >= 4 is 23.1 Å². The van der Waals surface area contributed by atoms with Gasteiger partial charge in [0.25, 0.3) is 0 Å². The van der Waals surface area contributed by atoms with Crippen molar-refractivity contribution in [1.82, 2.24) is 9.97 Å². The van der Waals surface area contributed by atoms with Crippen LogP contribution in [0.2, 0.25) is 0 Å². The van der Waals surface area contributed by atoms with Gasteiger partial charge in [0.2, 0.25) is 0 Å². The zero-order valence-corrected chi connectivity index (χ0v) is 14.9. The number of thiazole rings is 1. The molecule has 0 spiro atoms. The Kier molecular flexibility index (Phi) is 5.09. The van der Waals surface area contributed by atoms with Gasteiger partial charge in [0.15, 0.2) is 5.78 Å². The fourth-order valence-corrected chi connectivity index (χ4v) is 3.13. The first kappa shape index (κ1) is 17.1. The van der Waals surface area contributed by atoms with Gasteiger partial charge in [0.05, 0.1) is 5.69 Å². The largest absolute Gasteiger partial charge is 0.454 e. The first-order chi connectivity index (χ1) is 12.1. The van der Waals surface area contributed by atoms with Gasteiger partial charge in [-0.2, -0.15) is 0 Å². The number of Topliss-reactive ketones (excluding diaryl/α,β-unsaturated/α-hetero) is 1. The van der Waals surface area contributed by atoms with E-state index in [2.05, 4.69) is 41.2 Å². The predicted molar refractivity (Wildman–Crippen MR) is 96.8 cm³/mol. The second-order valence-corrected chi connectivity index (χ2v) is 6.49. The first-order valence-electron chi connectivity index (χ1n) is 7.97. The second kappa shape index (κ2) is 7.44. The van der Waals surface area contributed by atoms with Crippen LogP contribution in [-0.4, -0.2) is 21.7 Å². The van der Waals surface area contributed by atoms with E-state index in [1.54, 1.807) is 0 Å². The van der Waals surface area contributed by atoms with E-state index >= 15 is 0 Å². The van der Waals surface area contributed by atoms with Crippen LogP contribution < -0.4 is 0 Å². The minimum atomic E-state index is -0.505. The van der Waals surface area contributed by atoms with Crippen LogP contribution in [0.15, 0.2) is 41.9 Å². The molecule has 5 nitrogen and oxygen atoms in total. The van der Waals surface area contributed by atoms with Crippen molar-refractivity contribution < 1.29 is 14.3 Å².